The third-order valence-electron chi connectivity index (χ3n) is 12.8. The minimum absolute atomic E-state index is 0.0124. The third kappa shape index (κ3) is 13.4. The van der Waals surface area contributed by atoms with Gasteiger partial charge in [0.05, 0.1) is 17.3 Å². The van der Waals surface area contributed by atoms with Crippen LogP contribution in [0.4, 0.5) is 15.3 Å². The van der Waals surface area contributed by atoms with Crippen LogP contribution in [-0.2, 0) is 25.1 Å². The van der Waals surface area contributed by atoms with Crippen LogP contribution in [0, 0.1) is 5.92 Å². The van der Waals surface area contributed by atoms with E-state index in [0.717, 1.165) is 47.0 Å². The number of carbonyl (C=O) groups is 3. The number of anilines is 1. The summed E-state index contributed by atoms with van der Waals surface area (Å²) in [5.41, 5.74) is 4.00. The van der Waals surface area contributed by atoms with Crippen LogP contribution in [-0.4, -0.2) is 73.4 Å². The Labute approximate surface area is 379 Å². The molecule has 4 aromatic rings. The summed E-state index contributed by atoms with van der Waals surface area (Å²) in [7, 11) is -2.20. The number of rotatable bonds is 16. The van der Waals surface area contributed by atoms with E-state index in [1.54, 1.807) is 12.1 Å². The molecule has 2 aliphatic rings. The standard InChI is InChI=1S/C50H69N5O8Si/c1-49(2,3)62-48(60)53-35-18-20-37(21-19-35)61-47(59)54-41-29-32(17-22-38(41)34-14-10-9-11-15-34)13-12-16-44(57)52-36-27-33(28-36)30-51-31-43(63-64(7,8)50(4,5)6)39-23-25-42(56)46-40(39)24-26-45(58)55-46/h9-11,14-15,17,22-26,29,33,35-37,43,51,56H,12-13,16,18-21,27-28,30-31H2,1-8H3,(H,52,57)(H,53,60)(H,54,59)(H,55,58)/t33?,35?,36?,37?,43-/m0/s1. The summed E-state index contributed by atoms with van der Waals surface area (Å²) in [6.45, 7) is 17.9. The van der Waals surface area contributed by atoms with Gasteiger partial charge in [-0.15, -0.1) is 0 Å². The summed E-state index contributed by atoms with van der Waals surface area (Å²) in [5.74, 6) is 0.485. The molecule has 6 rings (SSSR count). The Hall–Kier alpha value is -5.18. The van der Waals surface area contributed by atoms with Gasteiger partial charge in [-0.05, 0) is 138 Å². The van der Waals surface area contributed by atoms with Gasteiger partial charge in [-0.3, -0.25) is 14.9 Å². The van der Waals surface area contributed by atoms with Gasteiger partial charge < -0.3 is 39.9 Å². The molecule has 1 aromatic heterocycles. The first-order valence-electron chi connectivity index (χ1n) is 22.9. The van der Waals surface area contributed by atoms with Gasteiger partial charge in [-0.25, -0.2) is 9.59 Å². The van der Waals surface area contributed by atoms with Gasteiger partial charge in [0.15, 0.2) is 8.32 Å². The molecule has 0 bridgehead atoms. The number of phenolic OH excluding ortho intramolecular Hbond substituents is 1. The molecule has 14 heteroatoms. The highest BCUT2D eigenvalue weighted by Crippen LogP contribution is 2.41. The fourth-order valence-corrected chi connectivity index (χ4v) is 9.56. The number of benzene rings is 3. The van der Waals surface area contributed by atoms with E-state index >= 15 is 0 Å². The zero-order valence-electron chi connectivity index (χ0n) is 38.9. The van der Waals surface area contributed by atoms with Crippen LogP contribution >= 0.6 is 0 Å². The Balaban J connectivity index is 0.960. The molecule has 3 aromatic carbocycles. The average molecular weight is 896 g/mol. The number of alkyl carbamates (subject to hydrolysis) is 1. The topological polar surface area (TPSA) is 180 Å². The maximum atomic E-state index is 13.2. The van der Waals surface area contributed by atoms with Gasteiger partial charge in [0, 0.05) is 42.1 Å². The molecule has 64 heavy (non-hydrogen) atoms. The van der Waals surface area contributed by atoms with Crippen LogP contribution in [0.3, 0.4) is 0 Å². The van der Waals surface area contributed by atoms with Crippen LogP contribution in [0.2, 0.25) is 18.1 Å². The Morgan fingerprint density at radius 3 is 2.27 bits per heavy atom. The highest BCUT2D eigenvalue weighted by atomic mass is 28.4. The van der Waals surface area contributed by atoms with Crippen molar-refractivity contribution >= 4 is 43.0 Å². The molecule has 13 nitrogen and oxygen atoms in total. The second-order valence-corrected chi connectivity index (χ2v) is 24.9. The van der Waals surface area contributed by atoms with Crippen LogP contribution < -0.4 is 26.8 Å². The molecular weight excluding hydrogens is 827 g/mol. The van der Waals surface area contributed by atoms with Crippen LogP contribution in [0.15, 0.2) is 77.6 Å². The lowest BCUT2D eigenvalue weighted by Gasteiger charge is -2.40. The van der Waals surface area contributed by atoms with Crippen molar-refractivity contribution in [3.05, 3.63) is 94.3 Å². The number of ether oxygens (including phenoxy) is 2. The van der Waals surface area contributed by atoms with Gasteiger partial charge in [0.2, 0.25) is 11.5 Å². The maximum Gasteiger partial charge on any atom is 0.411 e. The Morgan fingerprint density at radius 1 is 0.859 bits per heavy atom. The van der Waals surface area contributed by atoms with Crippen molar-refractivity contribution in [2.45, 2.75) is 147 Å². The fraction of sp³-hybridized carbons (Fsp3) is 0.520. The summed E-state index contributed by atoms with van der Waals surface area (Å²) in [4.78, 5) is 53.4. The van der Waals surface area contributed by atoms with Gasteiger partial charge in [0.1, 0.15) is 17.5 Å². The molecule has 0 aliphatic heterocycles. The lowest BCUT2D eigenvalue weighted by molar-refractivity contribution is -0.122. The first-order valence-corrected chi connectivity index (χ1v) is 25.8. The third-order valence-corrected chi connectivity index (χ3v) is 17.3. The van der Waals surface area contributed by atoms with Gasteiger partial charge in [0.25, 0.3) is 0 Å². The lowest BCUT2D eigenvalue weighted by Crippen LogP contribution is -2.48. The number of amides is 3. The van der Waals surface area contributed by atoms with Crippen LogP contribution in [0.5, 0.6) is 5.75 Å². The molecule has 1 heterocycles. The second-order valence-electron chi connectivity index (χ2n) is 20.2. The summed E-state index contributed by atoms with van der Waals surface area (Å²) in [5, 5.41) is 24.1. The van der Waals surface area contributed by atoms with Crippen molar-refractivity contribution in [1.82, 2.24) is 20.9 Å². The Bertz CT molecular complexity index is 2290. The molecule has 2 aliphatic carbocycles. The van der Waals surface area contributed by atoms with E-state index in [4.69, 9.17) is 13.9 Å². The Morgan fingerprint density at radius 2 is 1.58 bits per heavy atom. The minimum atomic E-state index is -2.20. The molecule has 0 spiro atoms. The van der Waals surface area contributed by atoms with E-state index in [0.29, 0.717) is 68.6 Å². The van der Waals surface area contributed by atoms with Crippen molar-refractivity contribution in [2.75, 3.05) is 18.4 Å². The number of aromatic nitrogens is 1. The molecule has 346 valence electrons. The fourth-order valence-electron chi connectivity index (χ4n) is 8.29. The molecule has 1 atom stereocenters. The molecule has 0 saturated heterocycles. The normalized spacial score (nSPS) is 19.6. The second kappa shape index (κ2) is 20.8. The van der Waals surface area contributed by atoms with Crippen molar-refractivity contribution in [2.24, 2.45) is 5.92 Å². The SMILES string of the molecule is CC(C)(C)OC(=O)NC1CCC(OC(=O)Nc2cc(CCCC(=O)NC3CC(CNC[C@H](O[Si](C)(C)C(C)(C)C)c4ccc(O)c5[nH]c(=O)ccc45)C3)ccc2-c2ccccc2)CC1. The molecule has 0 radical (unpaired) electrons. The number of aromatic hydroxyl groups is 1. The van der Waals surface area contributed by atoms with Crippen molar-refractivity contribution in [3.8, 4) is 16.9 Å². The molecule has 0 unspecified atom stereocenters. The van der Waals surface area contributed by atoms with Crippen LogP contribution in [0.25, 0.3) is 22.0 Å². The van der Waals surface area contributed by atoms with Gasteiger partial charge in [-0.2, -0.15) is 0 Å². The lowest BCUT2D eigenvalue weighted by atomic mass is 9.80. The number of pyridine rings is 1. The van der Waals surface area contributed by atoms with E-state index in [1.165, 1.54) is 6.07 Å². The predicted molar refractivity (Wildman–Crippen MR) is 255 cm³/mol. The number of nitrogens with one attached hydrogen (secondary N) is 5. The van der Waals surface area contributed by atoms with Gasteiger partial charge >= 0.3 is 12.2 Å². The first kappa shape index (κ1) is 48.3. The van der Waals surface area contributed by atoms with E-state index in [2.05, 4.69) is 60.1 Å². The molecule has 3 amide bonds. The van der Waals surface area contributed by atoms with E-state index < -0.39 is 26.1 Å². The highest BCUT2D eigenvalue weighted by Gasteiger charge is 2.40. The average Bonchev–Trinajstić information content (AvgIpc) is 3.20. The summed E-state index contributed by atoms with van der Waals surface area (Å²) in [6.07, 6.45) is 4.68. The number of phenols is 1. The number of aryl methyl sites for hydroxylation is 1. The number of fused-ring (bicyclic) bond motifs is 1. The van der Waals surface area contributed by atoms with E-state index in [9.17, 15) is 24.3 Å². The van der Waals surface area contributed by atoms with Gasteiger partial charge in [-0.1, -0.05) is 69.3 Å². The largest absolute Gasteiger partial charge is 0.506 e. The summed E-state index contributed by atoms with van der Waals surface area (Å²) in [6, 6.07) is 22.8. The zero-order valence-corrected chi connectivity index (χ0v) is 39.9. The number of hydrogen-bond donors (Lipinski definition) is 6. The number of hydrogen-bond acceptors (Lipinski definition) is 9. The smallest absolute Gasteiger partial charge is 0.411 e. The molecular formula is C50H69N5O8Si. The Kier molecular flexibility index (Phi) is 15.7. The summed E-state index contributed by atoms with van der Waals surface area (Å²) < 4.78 is 18.2. The maximum absolute atomic E-state index is 13.2. The molecule has 6 N–H and O–H groups in total. The minimum Gasteiger partial charge on any atom is -0.506 e. The van der Waals surface area contributed by atoms with Crippen molar-refractivity contribution in [3.63, 3.8) is 0 Å². The number of carbonyl (C=O) groups excluding carboxylic acids is 3. The van der Waals surface area contributed by atoms with Crippen LogP contribution in [0.1, 0.15) is 110 Å². The van der Waals surface area contributed by atoms with E-state index in [1.807, 2.05) is 75.4 Å². The number of aromatic amines is 1. The molecule has 2 saturated carbocycles. The highest BCUT2D eigenvalue weighted by molar-refractivity contribution is 6.74. The molecule has 2 fully saturated rings. The van der Waals surface area contributed by atoms with Crippen molar-refractivity contribution in [1.29, 1.82) is 0 Å². The quantitative estimate of drug-likeness (QED) is 0.0597. The van der Waals surface area contributed by atoms with Crippen molar-refractivity contribution < 1.29 is 33.4 Å². The summed E-state index contributed by atoms with van der Waals surface area (Å²) >= 11 is 0. The zero-order chi connectivity index (χ0) is 46.2. The first-order chi connectivity index (χ1) is 30.2. The monoisotopic (exact) mass is 895 g/mol. The predicted octanol–water partition coefficient (Wildman–Crippen LogP) is 9.86. The van der Waals surface area contributed by atoms with E-state index in [-0.39, 0.29) is 46.5 Å². The number of H-pyrrole nitrogens is 1.